The number of anilines is 1. The predicted molar refractivity (Wildman–Crippen MR) is 61.1 cm³/mol. The minimum Gasteiger partial charge on any atom is -0.354 e. The van der Waals surface area contributed by atoms with Crippen molar-refractivity contribution in [2.24, 2.45) is 0 Å². The van der Waals surface area contributed by atoms with Gasteiger partial charge >= 0.3 is 0 Å². The molecule has 4 nitrogen and oxygen atoms in total. The lowest BCUT2D eigenvalue weighted by molar-refractivity contribution is -0.121. The number of amides is 1. The van der Waals surface area contributed by atoms with Crippen LogP contribution in [0.5, 0.6) is 0 Å². The van der Waals surface area contributed by atoms with Gasteiger partial charge in [0.15, 0.2) is 11.6 Å². The van der Waals surface area contributed by atoms with E-state index in [1.165, 1.54) is 6.07 Å². The van der Waals surface area contributed by atoms with Gasteiger partial charge in [0.2, 0.25) is 5.91 Å². The summed E-state index contributed by atoms with van der Waals surface area (Å²) in [5.41, 5.74) is 0. The Balaban J connectivity index is 1.97. The highest BCUT2D eigenvalue weighted by Crippen LogP contribution is 2.33. The Morgan fingerprint density at radius 1 is 1.41 bits per heavy atom. The quantitative estimate of drug-likeness (QED) is 0.792. The van der Waals surface area contributed by atoms with Crippen molar-refractivity contribution >= 4 is 11.7 Å². The second kappa shape index (κ2) is 3.98. The van der Waals surface area contributed by atoms with Crippen LogP contribution < -0.4 is 10.2 Å². The first-order chi connectivity index (χ1) is 8.25. The highest BCUT2D eigenvalue weighted by atomic mass is 19.1. The molecule has 2 fully saturated rings. The molecule has 5 heteroatoms. The van der Waals surface area contributed by atoms with Crippen LogP contribution in [0.15, 0.2) is 18.3 Å². The van der Waals surface area contributed by atoms with Gasteiger partial charge in [0, 0.05) is 31.2 Å². The van der Waals surface area contributed by atoms with Gasteiger partial charge in [0.1, 0.15) is 0 Å². The molecule has 1 N–H and O–H groups in total. The van der Waals surface area contributed by atoms with Gasteiger partial charge in [-0.3, -0.25) is 4.79 Å². The molecule has 2 bridgehead atoms. The monoisotopic (exact) mass is 235 g/mol. The number of pyridine rings is 1. The summed E-state index contributed by atoms with van der Waals surface area (Å²) < 4.78 is 13.8. The zero-order valence-electron chi connectivity index (χ0n) is 9.40. The molecule has 1 amide bonds. The minimum atomic E-state index is -0.307. The molecule has 3 heterocycles. The number of rotatable bonds is 1. The smallest absolute Gasteiger partial charge is 0.222 e. The first-order valence-corrected chi connectivity index (χ1v) is 5.91. The van der Waals surface area contributed by atoms with Crippen LogP contribution >= 0.6 is 0 Å². The number of nitrogens with one attached hydrogen (secondary N) is 1. The van der Waals surface area contributed by atoms with Gasteiger partial charge in [-0.2, -0.15) is 0 Å². The molecule has 0 saturated carbocycles. The number of hydrogen-bond acceptors (Lipinski definition) is 3. The SMILES string of the molecule is O=C1C[C@@H]2CC[C@H](CN1)N2c1ncccc1F. The molecule has 1 aromatic rings. The Morgan fingerprint density at radius 3 is 3.06 bits per heavy atom. The van der Waals surface area contributed by atoms with E-state index < -0.39 is 0 Å². The maximum absolute atomic E-state index is 13.8. The lowest BCUT2D eigenvalue weighted by Gasteiger charge is -2.28. The van der Waals surface area contributed by atoms with E-state index in [-0.39, 0.29) is 23.8 Å². The first-order valence-electron chi connectivity index (χ1n) is 5.91. The molecule has 3 rings (SSSR count). The summed E-state index contributed by atoms with van der Waals surface area (Å²) >= 11 is 0. The highest BCUT2D eigenvalue weighted by molar-refractivity contribution is 5.78. The third kappa shape index (κ3) is 1.75. The van der Waals surface area contributed by atoms with Crippen molar-refractivity contribution in [3.63, 3.8) is 0 Å². The molecule has 2 aliphatic rings. The number of carbonyl (C=O) groups is 1. The largest absolute Gasteiger partial charge is 0.354 e. The molecule has 2 aliphatic heterocycles. The highest BCUT2D eigenvalue weighted by Gasteiger charge is 2.39. The number of aromatic nitrogens is 1. The van der Waals surface area contributed by atoms with E-state index in [1.54, 1.807) is 12.3 Å². The molecule has 0 spiro atoms. The van der Waals surface area contributed by atoms with Crippen LogP contribution in [0.2, 0.25) is 0 Å². The van der Waals surface area contributed by atoms with Gasteiger partial charge in [-0.1, -0.05) is 0 Å². The Hall–Kier alpha value is -1.65. The average Bonchev–Trinajstić information content (AvgIpc) is 2.61. The third-order valence-corrected chi connectivity index (χ3v) is 3.56. The maximum atomic E-state index is 13.8. The van der Waals surface area contributed by atoms with Crippen LogP contribution in [0.4, 0.5) is 10.2 Å². The molecular formula is C12H14FN3O. The van der Waals surface area contributed by atoms with Crippen molar-refractivity contribution in [3.05, 3.63) is 24.1 Å². The number of nitrogens with zero attached hydrogens (tertiary/aromatic N) is 2. The summed E-state index contributed by atoms with van der Waals surface area (Å²) in [5.74, 6) is 0.133. The maximum Gasteiger partial charge on any atom is 0.222 e. The van der Waals surface area contributed by atoms with Crippen molar-refractivity contribution in [1.29, 1.82) is 0 Å². The molecule has 0 aliphatic carbocycles. The third-order valence-electron chi connectivity index (χ3n) is 3.56. The molecular weight excluding hydrogens is 221 g/mol. The second-order valence-electron chi connectivity index (χ2n) is 4.61. The normalized spacial score (nSPS) is 27.8. The van der Waals surface area contributed by atoms with E-state index >= 15 is 0 Å². The van der Waals surface area contributed by atoms with E-state index in [2.05, 4.69) is 10.3 Å². The van der Waals surface area contributed by atoms with E-state index in [9.17, 15) is 9.18 Å². The zero-order valence-corrected chi connectivity index (χ0v) is 9.40. The average molecular weight is 235 g/mol. The van der Waals surface area contributed by atoms with Gasteiger partial charge in [-0.05, 0) is 25.0 Å². The van der Waals surface area contributed by atoms with Crippen LogP contribution in [0.1, 0.15) is 19.3 Å². The van der Waals surface area contributed by atoms with Crippen molar-refractivity contribution in [2.75, 3.05) is 11.4 Å². The van der Waals surface area contributed by atoms with Crippen molar-refractivity contribution in [1.82, 2.24) is 10.3 Å². The van der Waals surface area contributed by atoms with Gasteiger partial charge in [-0.25, -0.2) is 9.37 Å². The Kier molecular flexibility index (Phi) is 2.46. The first kappa shape index (κ1) is 10.5. The zero-order chi connectivity index (χ0) is 11.8. The lowest BCUT2D eigenvalue weighted by Crippen LogP contribution is -2.39. The van der Waals surface area contributed by atoms with Crippen molar-refractivity contribution in [3.8, 4) is 0 Å². The van der Waals surface area contributed by atoms with E-state index in [0.29, 0.717) is 18.8 Å². The fourth-order valence-corrected chi connectivity index (χ4v) is 2.79. The fraction of sp³-hybridized carbons (Fsp3) is 0.500. The molecule has 17 heavy (non-hydrogen) atoms. The van der Waals surface area contributed by atoms with E-state index in [1.807, 2.05) is 4.90 Å². The molecule has 0 unspecified atom stereocenters. The molecule has 2 atom stereocenters. The molecule has 0 aromatic carbocycles. The number of carbonyl (C=O) groups excluding carboxylic acids is 1. The standard InChI is InChI=1S/C12H14FN3O/c13-10-2-1-5-14-12(10)16-8-3-4-9(16)7-15-11(17)6-8/h1-2,5,8-9H,3-4,6-7H2,(H,15,17)/t8-,9+/m0/s1. The van der Waals surface area contributed by atoms with Gasteiger partial charge in [0.25, 0.3) is 0 Å². The number of halogens is 1. The summed E-state index contributed by atoms with van der Waals surface area (Å²) in [7, 11) is 0. The van der Waals surface area contributed by atoms with Crippen LogP contribution in [0, 0.1) is 5.82 Å². The van der Waals surface area contributed by atoms with Gasteiger partial charge in [0.05, 0.1) is 0 Å². The Labute approximate surface area is 98.8 Å². The van der Waals surface area contributed by atoms with Crippen LogP contribution in [-0.2, 0) is 4.79 Å². The van der Waals surface area contributed by atoms with Crippen LogP contribution in [0.25, 0.3) is 0 Å². The molecule has 0 radical (unpaired) electrons. The van der Waals surface area contributed by atoms with E-state index in [0.717, 1.165) is 12.8 Å². The fourth-order valence-electron chi connectivity index (χ4n) is 2.79. The summed E-state index contributed by atoms with van der Waals surface area (Å²) in [6.07, 6.45) is 3.96. The van der Waals surface area contributed by atoms with Crippen LogP contribution in [0.3, 0.4) is 0 Å². The molecule has 1 aromatic heterocycles. The molecule has 90 valence electrons. The summed E-state index contributed by atoms with van der Waals surface area (Å²) in [6.45, 7) is 0.589. The predicted octanol–water partition coefficient (Wildman–Crippen LogP) is 1.08. The van der Waals surface area contributed by atoms with Gasteiger partial charge in [-0.15, -0.1) is 0 Å². The second-order valence-corrected chi connectivity index (χ2v) is 4.61. The van der Waals surface area contributed by atoms with E-state index in [4.69, 9.17) is 0 Å². The van der Waals surface area contributed by atoms with Gasteiger partial charge < -0.3 is 10.2 Å². The van der Waals surface area contributed by atoms with Crippen LogP contribution in [-0.4, -0.2) is 29.5 Å². The topological polar surface area (TPSA) is 45.2 Å². The number of fused-ring (bicyclic) bond motifs is 2. The summed E-state index contributed by atoms with van der Waals surface area (Å²) in [4.78, 5) is 17.6. The van der Waals surface area contributed by atoms with Crippen molar-refractivity contribution in [2.45, 2.75) is 31.3 Å². The summed E-state index contributed by atoms with van der Waals surface area (Å²) in [5, 5.41) is 2.86. The Bertz CT molecular complexity index is 451. The molecule has 2 saturated heterocycles. The lowest BCUT2D eigenvalue weighted by atomic mass is 10.1. The summed E-state index contributed by atoms with van der Waals surface area (Å²) in [6, 6.07) is 3.27. The minimum absolute atomic E-state index is 0.0542. The Morgan fingerprint density at radius 2 is 2.24 bits per heavy atom. The van der Waals surface area contributed by atoms with Crippen molar-refractivity contribution < 1.29 is 9.18 Å². The number of hydrogen-bond donors (Lipinski definition) is 1.